The molecule has 0 radical (unpaired) electrons. The van der Waals surface area contributed by atoms with Crippen molar-refractivity contribution in [2.24, 2.45) is 5.92 Å². The molecule has 0 aliphatic carbocycles. The lowest BCUT2D eigenvalue weighted by Crippen LogP contribution is -2.40. The lowest BCUT2D eigenvalue weighted by Gasteiger charge is -2.29. The molecule has 0 saturated heterocycles. The lowest BCUT2D eigenvalue weighted by molar-refractivity contribution is -0.137. The largest absolute Gasteiger partial charge is 0.395 e. The van der Waals surface area contributed by atoms with Gasteiger partial charge in [-0.1, -0.05) is 30.3 Å². The van der Waals surface area contributed by atoms with Gasteiger partial charge in [0.2, 0.25) is 5.91 Å². The van der Waals surface area contributed by atoms with Gasteiger partial charge >= 0.3 is 0 Å². The molecule has 116 valence electrons. The Morgan fingerprint density at radius 2 is 2.14 bits per heavy atom. The molecule has 1 N–H and O–H groups in total. The van der Waals surface area contributed by atoms with E-state index < -0.39 is 0 Å². The van der Waals surface area contributed by atoms with E-state index in [1.807, 2.05) is 41.1 Å². The van der Waals surface area contributed by atoms with Crippen LogP contribution < -0.4 is 0 Å². The fourth-order valence-electron chi connectivity index (χ4n) is 3.03. The van der Waals surface area contributed by atoms with Crippen LogP contribution >= 0.6 is 0 Å². The highest BCUT2D eigenvalue weighted by molar-refractivity contribution is 5.79. The van der Waals surface area contributed by atoms with Gasteiger partial charge in [0.15, 0.2) is 0 Å². The minimum absolute atomic E-state index is 0.0107. The van der Waals surface area contributed by atoms with Crippen molar-refractivity contribution in [1.29, 1.82) is 0 Å². The second-order valence-corrected chi connectivity index (χ2v) is 5.70. The third kappa shape index (κ3) is 3.20. The summed E-state index contributed by atoms with van der Waals surface area (Å²) >= 11 is 0. The van der Waals surface area contributed by atoms with Gasteiger partial charge < -0.3 is 10.0 Å². The van der Waals surface area contributed by atoms with Crippen molar-refractivity contribution >= 4 is 5.91 Å². The summed E-state index contributed by atoms with van der Waals surface area (Å²) in [7, 11) is 0. The maximum atomic E-state index is 12.8. The Morgan fingerprint density at radius 3 is 2.91 bits per heavy atom. The van der Waals surface area contributed by atoms with E-state index >= 15 is 0 Å². The molecule has 1 aliphatic rings. The van der Waals surface area contributed by atoms with E-state index in [0.717, 1.165) is 30.6 Å². The number of carbonyl (C=O) groups excluding carboxylic acids is 1. The van der Waals surface area contributed by atoms with Crippen molar-refractivity contribution in [3.8, 4) is 0 Å². The highest BCUT2D eigenvalue weighted by atomic mass is 16.3. The molecule has 1 unspecified atom stereocenters. The number of benzene rings is 1. The van der Waals surface area contributed by atoms with Crippen molar-refractivity contribution < 1.29 is 9.90 Å². The van der Waals surface area contributed by atoms with Crippen molar-refractivity contribution in [2.45, 2.75) is 25.9 Å². The molecule has 0 fully saturated rings. The molecular formula is C17H21N3O2. The number of aryl methyl sites for hydroxylation is 1. The van der Waals surface area contributed by atoms with Gasteiger partial charge in [-0.15, -0.1) is 0 Å². The summed E-state index contributed by atoms with van der Waals surface area (Å²) in [6.07, 6.45) is 3.33. The van der Waals surface area contributed by atoms with E-state index in [4.69, 9.17) is 0 Å². The minimum Gasteiger partial charge on any atom is -0.395 e. The number of hydrogen-bond acceptors (Lipinski definition) is 3. The van der Waals surface area contributed by atoms with Crippen molar-refractivity contribution in [3.05, 3.63) is 53.9 Å². The van der Waals surface area contributed by atoms with Crippen LogP contribution in [0.2, 0.25) is 0 Å². The highest BCUT2D eigenvalue weighted by Crippen LogP contribution is 2.22. The van der Waals surface area contributed by atoms with Crippen molar-refractivity contribution in [3.63, 3.8) is 0 Å². The smallest absolute Gasteiger partial charge is 0.226 e. The van der Waals surface area contributed by atoms with Crippen molar-refractivity contribution in [1.82, 2.24) is 14.7 Å². The first kappa shape index (κ1) is 14.8. The minimum atomic E-state index is -0.0144. The summed E-state index contributed by atoms with van der Waals surface area (Å²) in [5.41, 5.74) is 2.21. The number of aliphatic hydroxyl groups excluding tert-OH is 1. The van der Waals surface area contributed by atoms with Crippen LogP contribution in [0.25, 0.3) is 0 Å². The molecule has 0 saturated carbocycles. The number of nitrogens with zero attached hydrogens (tertiary/aromatic N) is 3. The molecule has 1 aliphatic heterocycles. The van der Waals surface area contributed by atoms with Crippen LogP contribution in [0.4, 0.5) is 0 Å². The summed E-state index contributed by atoms with van der Waals surface area (Å²) in [4.78, 5) is 14.6. The first-order chi connectivity index (χ1) is 10.8. The Bertz CT molecular complexity index is 624. The van der Waals surface area contributed by atoms with Gasteiger partial charge in [0.1, 0.15) is 0 Å². The van der Waals surface area contributed by atoms with Crippen LogP contribution in [0.1, 0.15) is 17.7 Å². The average Bonchev–Trinajstić information content (AvgIpc) is 3.02. The Morgan fingerprint density at radius 1 is 1.32 bits per heavy atom. The molecule has 1 atom stereocenters. The van der Waals surface area contributed by atoms with E-state index in [1.165, 1.54) is 0 Å². The summed E-state index contributed by atoms with van der Waals surface area (Å²) in [5.74, 6) is 0.116. The predicted molar refractivity (Wildman–Crippen MR) is 83.0 cm³/mol. The number of aromatic nitrogens is 2. The normalized spacial score (nSPS) is 17.0. The van der Waals surface area contributed by atoms with Gasteiger partial charge in [-0.05, 0) is 18.1 Å². The molecular weight excluding hydrogens is 278 g/mol. The molecule has 0 bridgehead atoms. The van der Waals surface area contributed by atoms with Gasteiger partial charge in [0.25, 0.3) is 0 Å². The number of rotatable bonds is 5. The standard InChI is InChI=1S/C17H21N3O2/c21-11-10-19(13-14-4-2-1-3-5-14)17(22)15-7-9-20-16(12-15)6-8-18-20/h1-6,8,15,21H,7,9-13H2. The van der Waals surface area contributed by atoms with Crippen LogP contribution in [-0.4, -0.2) is 38.8 Å². The average molecular weight is 299 g/mol. The molecule has 5 nitrogen and oxygen atoms in total. The molecule has 2 heterocycles. The maximum Gasteiger partial charge on any atom is 0.226 e. The molecule has 1 aromatic heterocycles. The second-order valence-electron chi connectivity index (χ2n) is 5.70. The number of amides is 1. The number of fused-ring (bicyclic) bond motifs is 1. The van der Waals surface area contributed by atoms with E-state index in [-0.39, 0.29) is 18.4 Å². The van der Waals surface area contributed by atoms with Crippen LogP contribution in [0, 0.1) is 5.92 Å². The first-order valence-corrected chi connectivity index (χ1v) is 7.72. The zero-order chi connectivity index (χ0) is 15.4. The van der Waals surface area contributed by atoms with E-state index in [0.29, 0.717) is 13.1 Å². The van der Waals surface area contributed by atoms with E-state index in [2.05, 4.69) is 5.10 Å². The summed E-state index contributed by atoms with van der Waals surface area (Å²) in [5, 5.41) is 13.5. The quantitative estimate of drug-likeness (QED) is 0.909. The van der Waals surface area contributed by atoms with Gasteiger partial charge in [0.05, 0.1) is 6.61 Å². The zero-order valence-electron chi connectivity index (χ0n) is 12.6. The molecule has 2 aromatic rings. The third-order valence-corrected chi connectivity index (χ3v) is 4.20. The molecule has 3 rings (SSSR count). The maximum absolute atomic E-state index is 12.8. The van der Waals surface area contributed by atoms with Crippen LogP contribution in [0.3, 0.4) is 0 Å². The molecule has 1 amide bonds. The number of hydrogen-bond donors (Lipinski definition) is 1. The summed E-state index contributed by atoms with van der Waals surface area (Å²) in [6, 6.07) is 11.9. The monoisotopic (exact) mass is 299 g/mol. The first-order valence-electron chi connectivity index (χ1n) is 7.72. The molecule has 0 spiro atoms. The van der Waals surface area contributed by atoms with E-state index in [9.17, 15) is 9.90 Å². The molecule has 1 aromatic carbocycles. The Balaban J connectivity index is 1.70. The summed E-state index contributed by atoms with van der Waals surface area (Å²) < 4.78 is 1.97. The predicted octanol–water partition coefficient (Wildman–Crippen LogP) is 1.47. The third-order valence-electron chi connectivity index (χ3n) is 4.20. The fourth-order valence-corrected chi connectivity index (χ4v) is 3.03. The van der Waals surface area contributed by atoms with Gasteiger partial charge in [-0.2, -0.15) is 5.10 Å². The summed E-state index contributed by atoms with van der Waals surface area (Å²) in [6.45, 7) is 1.71. The molecule has 5 heteroatoms. The van der Waals surface area contributed by atoms with Gasteiger partial charge in [-0.25, -0.2) is 0 Å². The SMILES string of the molecule is O=C(C1CCn2nccc2C1)N(CCO)Cc1ccccc1. The van der Waals surface area contributed by atoms with E-state index in [1.54, 1.807) is 11.1 Å². The Kier molecular flexibility index (Phi) is 4.53. The highest BCUT2D eigenvalue weighted by Gasteiger charge is 2.28. The van der Waals surface area contributed by atoms with Crippen LogP contribution in [0.5, 0.6) is 0 Å². The fraction of sp³-hybridized carbons (Fsp3) is 0.412. The topological polar surface area (TPSA) is 58.4 Å². The number of carbonyl (C=O) groups is 1. The van der Waals surface area contributed by atoms with Gasteiger partial charge in [0, 0.05) is 43.9 Å². The van der Waals surface area contributed by atoms with Crippen LogP contribution in [0.15, 0.2) is 42.6 Å². The Hall–Kier alpha value is -2.14. The lowest BCUT2D eigenvalue weighted by atomic mass is 9.94. The second kappa shape index (κ2) is 6.75. The zero-order valence-corrected chi connectivity index (χ0v) is 12.6. The van der Waals surface area contributed by atoms with Gasteiger partial charge in [-0.3, -0.25) is 9.48 Å². The van der Waals surface area contributed by atoms with Crippen LogP contribution in [-0.2, 0) is 24.3 Å². The molecule has 22 heavy (non-hydrogen) atoms. The Labute approximate surface area is 130 Å². The van der Waals surface area contributed by atoms with Crippen molar-refractivity contribution in [2.75, 3.05) is 13.2 Å². The number of aliphatic hydroxyl groups is 1.